The first-order chi connectivity index (χ1) is 14.1. The summed E-state index contributed by atoms with van der Waals surface area (Å²) < 4.78 is 22.2. The summed E-state index contributed by atoms with van der Waals surface area (Å²) in [7, 11) is 1.56. The smallest absolute Gasteiger partial charge is 0.408 e. The van der Waals surface area contributed by atoms with Gasteiger partial charge in [-0.15, -0.1) is 0 Å². The zero-order chi connectivity index (χ0) is 22.4. The molecule has 2 rings (SSSR count). The van der Waals surface area contributed by atoms with Crippen LogP contribution in [0.3, 0.4) is 0 Å². The van der Waals surface area contributed by atoms with Gasteiger partial charge in [0.25, 0.3) is 5.91 Å². The maximum atomic E-state index is 13.0. The van der Waals surface area contributed by atoms with Crippen molar-refractivity contribution in [2.45, 2.75) is 64.4 Å². The Morgan fingerprint density at radius 3 is 2.50 bits per heavy atom. The number of ether oxygens (including phenoxy) is 4. The lowest BCUT2D eigenvalue weighted by molar-refractivity contribution is -0.153. The number of para-hydroxylation sites is 1. The molecule has 2 atom stereocenters. The lowest BCUT2D eigenvalue weighted by atomic mass is 10.0. The monoisotopic (exact) mass is 422 g/mol. The molecule has 1 aliphatic rings. The van der Waals surface area contributed by atoms with E-state index in [2.05, 4.69) is 10.6 Å². The summed E-state index contributed by atoms with van der Waals surface area (Å²) in [6.45, 7) is 9.95. The highest BCUT2D eigenvalue weighted by molar-refractivity contribution is 5.86. The molecule has 1 aliphatic heterocycles. The summed E-state index contributed by atoms with van der Waals surface area (Å²) >= 11 is 0. The average Bonchev–Trinajstić information content (AvgIpc) is 3.12. The Morgan fingerprint density at radius 1 is 1.23 bits per heavy atom. The van der Waals surface area contributed by atoms with Gasteiger partial charge in [-0.05, 0) is 40.7 Å². The Morgan fingerprint density at radius 2 is 1.93 bits per heavy atom. The molecule has 0 spiro atoms. The van der Waals surface area contributed by atoms with Crippen molar-refractivity contribution < 1.29 is 28.5 Å². The second-order valence-corrected chi connectivity index (χ2v) is 8.61. The maximum Gasteiger partial charge on any atom is 0.408 e. The molecule has 2 unspecified atom stereocenters. The maximum absolute atomic E-state index is 13.0. The quantitative estimate of drug-likeness (QED) is 0.669. The Labute approximate surface area is 178 Å². The Balaban J connectivity index is 2.18. The van der Waals surface area contributed by atoms with E-state index in [-0.39, 0.29) is 25.2 Å². The lowest BCUT2D eigenvalue weighted by Gasteiger charge is -2.30. The van der Waals surface area contributed by atoms with Crippen LogP contribution in [0.1, 0.15) is 52.6 Å². The zero-order valence-electron chi connectivity index (χ0n) is 18.7. The molecule has 0 bridgehead atoms. The van der Waals surface area contributed by atoms with E-state index in [9.17, 15) is 9.59 Å². The first-order valence-electron chi connectivity index (χ1n) is 10.2. The molecule has 0 saturated carbocycles. The zero-order valence-corrected chi connectivity index (χ0v) is 18.7. The lowest BCUT2D eigenvalue weighted by Crippen LogP contribution is -2.52. The Kier molecular flexibility index (Phi) is 8.09. The van der Waals surface area contributed by atoms with E-state index in [4.69, 9.17) is 18.9 Å². The van der Waals surface area contributed by atoms with Crippen LogP contribution in [0, 0.1) is 0 Å². The van der Waals surface area contributed by atoms with Crippen molar-refractivity contribution in [3.63, 3.8) is 0 Å². The molecule has 2 amide bonds. The molecule has 30 heavy (non-hydrogen) atoms. The van der Waals surface area contributed by atoms with Crippen LogP contribution in [-0.2, 0) is 19.0 Å². The van der Waals surface area contributed by atoms with Crippen molar-refractivity contribution in [3.8, 4) is 5.75 Å². The number of carbonyl (C=O) groups excluding carboxylic acids is 2. The molecule has 1 aromatic carbocycles. The first-order valence-corrected chi connectivity index (χ1v) is 10.2. The third kappa shape index (κ3) is 6.60. The van der Waals surface area contributed by atoms with Crippen LogP contribution in [0.2, 0.25) is 0 Å². The predicted molar refractivity (Wildman–Crippen MR) is 113 cm³/mol. The summed E-state index contributed by atoms with van der Waals surface area (Å²) in [5, 5.41) is 5.75. The van der Waals surface area contributed by atoms with Crippen molar-refractivity contribution in [3.05, 3.63) is 29.8 Å². The predicted octanol–water partition coefficient (Wildman–Crippen LogP) is 2.96. The van der Waals surface area contributed by atoms with E-state index in [0.717, 1.165) is 5.56 Å². The van der Waals surface area contributed by atoms with Gasteiger partial charge in [0, 0.05) is 18.5 Å². The van der Waals surface area contributed by atoms with Crippen LogP contribution in [0.5, 0.6) is 5.75 Å². The molecular formula is C22H34N2O6. The summed E-state index contributed by atoms with van der Waals surface area (Å²) in [6.07, 6.45) is -0.220. The van der Waals surface area contributed by atoms with E-state index in [1.165, 1.54) is 0 Å². The molecule has 0 radical (unpaired) electrons. The Bertz CT molecular complexity index is 723. The SMILES string of the molecule is COc1ccccc1C(CNC(=O)C1(OC(C)C)CCOC1)NC(=O)OC(C)(C)C. The number of nitrogens with one attached hydrogen (secondary N) is 2. The van der Waals surface area contributed by atoms with Crippen LogP contribution in [0.25, 0.3) is 0 Å². The number of benzene rings is 1. The highest BCUT2D eigenvalue weighted by Gasteiger charge is 2.44. The van der Waals surface area contributed by atoms with Crippen molar-refractivity contribution in [2.75, 3.05) is 26.9 Å². The van der Waals surface area contributed by atoms with E-state index in [1.807, 2.05) is 32.0 Å². The average molecular weight is 423 g/mol. The number of amides is 2. The highest BCUT2D eigenvalue weighted by Crippen LogP contribution is 2.27. The van der Waals surface area contributed by atoms with Gasteiger partial charge < -0.3 is 29.6 Å². The normalized spacial score (nSPS) is 20.0. The topological polar surface area (TPSA) is 95.1 Å². The number of alkyl carbamates (subject to hydrolysis) is 1. The van der Waals surface area contributed by atoms with Gasteiger partial charge in [-0.25, -0.2) is 4.79 Å². The highest BCUT2D eigenvalue weighted by atomic mass is 16.6. The van der Waals surface area contributed by atoms with Crippen LogP contribution < -0.4 is 15.4 Å². The van der Waals surface area contributed by atoms with Gasteiger partial charge in [0.1, 0.15) is 11.4 Å². The fourth-order valence-corrected chi connectivity index (χ4v) is 3.32. The number of rotatable bonds is 8. The van der Waals surface area contributed by atoms with Crippen molar-refractivity contribution in [1.29, 1.82) is 0 Å². The molecular weight excluding hydrogens is 388 g/mol. The third-order valence-corrected chi connectivity index (χ3v) is 4.53. The molecule has 1 heterocycles. The molecule has 0 aliphatic carbocycles. The van der Waals surface area contributed by atoms with Gasteiger partial charge in [-0.2, -0.15) is 0 Å². The minimum Gasteiger partial charge on any atom is -0.496 e. The van der Waals surface area contributed by atoms with Gasteiger partial charge >= 0.3 is 6.09 Å². The summed E-state index contributed by atoms with van der Waals surface area (Å²) in [5.74, 6) is 0.338. The van der Waals surface area contributed by atoms with Crippen LogP contribution in [0.15, 0.2) is 24.3 Å². The van der Waals surface area contributed by atoms with Gasteiger partial charge in [-0.3, -0.25) is 4.79 Å². The van der Waals surface area contributed by atoms with Gasteiger partial charge in [0.2, 0.25) is 0 Å². The van der Waals surface area contributed by atoms with Crippen molar-refractivity contribution in [2.24, 2.45) is 0 Å². The fraction of sp³-hybridized carbons (Fsp3) is 0.636. The number of hydrogen-bond acceptors (Lipinski definition) is 6. The van der Waals surface area contributed by atoms with Gasteiger partial charge in [-0.1, -0.05) is 18.2 Å². The summed E-state index contributed by atoms with van der Waals surface area (Å²) in [6, 6.07) is 6.77. The molecule has 1 fully saturated rings. The fourth-order valence-electron chi connectivity index (χ4n) is 3.32. The standard InChI is InChI=1S/C22H34N2O6/c1-15(2)29-22(11-12-28-14-22)19(25)23-13-17(24-20(26)30-21(3,4)5)16-9-7-8-10-18(16)27-6/h7-10,15,17H,11-14H2,1-6H3,(H,23,25)(H,24,26). The second kappa shape index (κ2) is 10.1. The van der Waals surface area contributed by atoms with E-state index in [0.29, 0.717) is 18.8 Å². The first kappa shape index (κ1) is 24.0. The van der Waals surface area contributed by atoms with E-state index < -0.39 is 23.3 Å². The molecule has 8 nitrogen and oxygen atoms in total. The number of carbonyl (C=O) groups is 2. The third-order valence-electron chi connectivity index (χ3n) is 4.53. The van der Waals surface area contributed by atoms with E-state index in [1.54, 1.807) is 33.9 Å². The van der Waals surface area contributed by atoms with Crippen molar-refractivity contribution in [1.82, 2.24) is 10.6 Å². The van der Waals surface area contributed by atoms with Crippen LogP contribution in [0.4, 0.5) is 4.79 Å². The minimum absolute atomic E-state index is 0.123. The summed E-state index contributed by atoms with van der Waals surface area (Å²) in [5.41, 5.74) is -0.937. The van der Waals surface area contributed by atoms with Gasteiger partial charge in [0.15, 0.2) is 5.60 Å². The van der Waals surface area contributed by atoms with Crippen LogP contribution >= 0.6 is 0 Å². The molecule has 168 valence electrons. The molecule has 0 aromatic heterocycles. The largest absolute Gasteiger partial charge is 0.496 e. The second-order valence-electron chi connectivity index (χ2n) is 8.61. The number of hydrogen-bond donors (Lipinski definition) is 2. The van der Waals surface area contributed by atoms with Gasteiger partial charge in [0.05, 0.1) is 32.5 Å². The van der Waals surface area contributed by atoms with Crippen molar-refractivity contribution >= 4 is 12.0 Å². The number of methoxy groups -OCH3 is 1. The van der Waals surface area contributed by atoms with Crippen LogP contribution in [-0.4, -0.2) is 56.2 Å². The summed E-state index contributed by atoms with van der Waals surface area (Å²) in [4.78, 5) is 25.4. The van der Waals surface area contributed by atoms with E-state index >= 15 is 0 Å². The minimum atomic E-state index is -1.02. The molecule has 1 saturated heterocycles. The Hall–Kier alpha value is -2.32. The molecule has 2 N–H and O–H groups in total. The molecule has 1 aromatic rings. The molecule has 8 heteroatoms.